The second-order valence-electron chi connectivity index (χ2n) is 5.35. The van der Waals surface area contributed by atoms with Gasteiger partial charge in [0.05, 0.1) is 17.8 Å². The molecule has 0 bridgehead atoms. The monoisotopic (exact) mass is 324 g/mol. The van der Waals surface area contributed by atoms with Gasteiger partial charge in [-0.2, -0.15) is 18.3 Å². The molecule has 1 aliphatic heterocycles. The minimum absolute atomic E-state index is 0.0716. The third kappa shape index (κ3) is 3.37. The van der Waals surface area contributed by atoms with E-state index in [1.54, 1.807) is 12.1 Å². The standard InChI is InChI=1S/C15H15F3N4O/c16-15(17,18)13-6-8-20-22(13)12-3-1-11(2-4-12)21-14(23)10-5-7-19-9-10/h1-4,6,8,10,19H,5,7,9H2,(H,21,23)/t10-/m1/s1. The highest BCUT2D eigenvalue weighted by atomic mass is 19.4. The molecule has 0 radical (unpaired) electrons. The van der Waals surface area contributed by atoms with Crippen LogP contribution in [-0.2, 0) is 11.0 Å². The lowest BCUT2D eigenvalue weighted by Crippen LogP contribution is -2.24. The first kappa shape index (κ1) is 15.5. The van der Waals surface area contributed by atoms with Gasteiger partial charge in [0.2, 0.25) is 5.91 Å². The van der Waals surface area contributed by atoms with Crippen molar-refractivity contribution in [2.45, 2.75) is 12.6 Å². The maximum atomic E-state index is 12.9. The highest BCUT2D eigenvalue weighted by Gasteiger charge is 2.35. The number of aromatic nitrogens is 2. The molecular weight excluding hydrogens is 309 g/mol. The van der Waals surface area contributed by atoms with Crippen LogP contribution in [0.3, 0.4) is 0 Å². The molecule has 1 amide bonds. The summed E-state index contributed by atoms with van der Waals surface area (Å²) in [4.78, 5) is 12.0. The van der Waals surface area contributed by atoms with Gasteiger partial charge in [-0.1, -0.05) is 0 Å². The highest BCUT2D eigenvalue weighted by Crippen LogP contribution is 2.30. The highest BCUT2D eigenvalue weighted by molar-refractivity contribution is 5.92. The first-order valence-corrected chi connectivity index (χ1v) is 7.18. The lowest BCUT2D eigenvalue weighted by atomic mass is 10.1. The van der Waals surface area contributed by atoms with Crippen molar-refractivity contribution < 1.29 is 18.0 Å². The zero-order chi connectivity index (χ0) is 16.4. The average molecular weight is 324 g/mol. The lowest BCUT2D eigenvalue weighted by molar-refractivity contribution is -0.142. The number of nitrogens with one attached hydrogen (secondary N) is 2. The molecule has 1 aromatic carbocycles. The first-order chi connectivity index (χ1) is 10.9. The second-order valence-corrected chi connectivity index (χ2v) is 5.35. The molecule has 2 heterocycles. The molecule has 2 aromatic rings. The molecule has 1 fully saturated rings. The van der Waals surface area contributed by atoms with Crippen LogP contribution >= 0.6 is 0 Å². The third-order valence-corrected chi connectivity index (χ3v) is 3.74. The van der Waals surface area contributed by atoms with Crippen molar-refractivity contribution in [3.05, 3.63) is 42.2 Å². The molecule has 0 aliphatic carbocycles. The molecule has 5 nitrogen and oxygen atoms in total. The van der Waals surface area contributed by atoms with Crippen LogP contribution in [0.15, 0.2) is 36.5 Å². The number of anilines is 1. The topological polar surface area (TPSA) is 59.0 Å². The van der Waals surface area contributed by atoms with E-state index >= 15 is 0 Å². The predicted octanol–water partition coefficient (Wildman–Crippen LogP) is 2.44. The summed E-state index contributed by atoms with van der Waals surface area (Å²) in [5, 5.41) is 9.59. The summed E-state index contributed by atoms with van der Waals surface area (Å²) < 4.78 is 39.4. The number of halogens is 3. The summed E-state index contributed by atoms with van der Waals surface area (Å²) in [7, 11) is 0. The minimum Gasteiger partial charge on any atom is -0.326 e. The number of alkyl halides is 3. The molecule has 1 saturated heterocycles. The van der Waals surface area contributed by atoms with Gasteiger partial charge in [0.25, 0.3) is 0 Å². The van der Waals surface area contributed by atoms with E-state index in [0.29, 0.717) is 12.2 Å². The number of carbonyl (C=O) groups excluding carboxylic acids is 1. The third-order valence-electron chi connectivity index (χ3n) is 3.74. The molecule has 0 unspecified atom stereocenters. The summed E-state index contributed by atoms with van der Waals surface area (Å²) in [6.45, 7) is 1.46. The fourth-order valence-corrected chi connectivity index (χ4v) is 2.53. The van der Waals surface area contributed by atoms with Gasteiger partial charge in [-0.05, 0) is 43.3 Å². The maximum absolute atomic E-state index is 12.9. The Kier molecular flexibility index (Phi) is 4.08. The quantitative estimate of drug-likeness (QED) is 0.912. The zero-order valence-electron chi connectivity index (χ0n) is 12.1. The van der Waals surface area contributed by atoms with Crippen molar-refractivity contribution in [3.63, 3.8) is 0 Å². The molecule has 122 valence electrons. The number of amides is 1. The van der Waals surface area contributed by atoms with Crippen molar-refractivity contribution in [1.29, 1.82) is 0 Å². The number of rotatable bonds is 3. The fourth-order valence-electron chi connectivity index (χ4n) is 2.53. The lowest BCUT2D eigenvalue weighted by Gasteiger charge is -2.12. The summed E-state index contributed by atoms with van der Waals surface area (Å²) >= 11 is 0. The molecule has 1 atom stereocenters. The van der Waals surface area contributed by atoms with Gasteiger partial charge < -0.3 is 10.6 Å². The van der Waals surface area contributed by atoms with E-state index in [0.717, 1.165) is 29.9 Å². The van der Waals surface area contributed by atoms with Crippen LogP contribution in [0.2, 0.25) is 0 Å². The SMILES string of the molecule is O=C(Nc1ccc(-n2nccc2C(F)(F)F)cc1)[C@@H]1CCNC1. The smallest absolute Gasteiger partial charge is 0.326 e. The van der Waals surface area contributed by atoms with Crippen LogP contribution in [-0.4, -0.2) is 28.8 Å². The first-order valence-electron chi connectivity index (χ1n) is 7.18. The number of carbonyl (C=O) groups is 1. The molecule has 1 aliphatic rings. The summed E-state index contributed by atoms with van der Waals surface area (Å²) in [6, 6.07) is 7.03. The van der Waals surface area contributed by atoms with E-state index in [-0.39, 0.29) is 17.5 Å². The average Bonchev–Trinajstić information content (AvgIpc) is 3.19. The van der Waals surface area contributed by atoms with E-state index in [4.69, 9.17) is 0 Å². The molecular formula is C15H15F3N4O. The molecule has 8 heteroatoms. The Hall–Kier alpha value is -2.35. The van der Waals surface area contributed by atoms with E-state index in [2.05, 4.69) is 15.7 Å². The Morgan fingerprint density at radius 1 is 1.26 bits per heavy atom. The van der Waals surface area contributed by atoms with Gasteiger partial charge >= 0.3 is 6.18 Å². The summed E-state index contributed by atoms with van der Waals surface area (Å²) in [6.07, 6.45) is -2.59. The van der Waals surface area contributed by atoms with Crippen LogP contribution in [0, 0.1) is 5.92 Å². The van der Waals surface area contributed by atoms with E-state index in [1.807, 2.05) is 0 Å². The number of benzene rings is 1. The van der Waals surface area contributed by atoms with Gasteiger partial charge in [0.1, 0.15) is 5.69 Å². The molecule has 0 saturated carbocycles. The van der Waals surface area contributed by atoms with Crippen LogP contribution < -0.4 is 10.6 Å². The van der Waals surface area contributed by atoms with E-state index in [1.165, 1.54) is 12.1 Å². The minimum atomic E-state index is -4.47. The summed E-state index contributed by atoms with van der Waals surface area (Å²) in [5.41, 5.74) is -0.0134. The Balaban J connectivity index is 1.75. The number of hydrogen-bond donors (Lipinski definition) is 2. The number of nitrogens with zero attached hydrogens (tertiary/aromatic N) is 2. The van der Waals surface area contributed by atoms with Crippen molar-refractivity contribution in [2.75, 3.05) is 18.4 Å². The normalized spacial score (nSPS) is 18.1. The predicted molar refractivity (Wildman–Crippen MR) is 78.2 cm³/mol. The Labute approximate surface area is 130 Å². The molecule has 1 aromatic heterocycles. The maximum Gasteiger partial charge on any atom is 0.433 e. The number of hydrogen-bond acceptors (Lipinski definition) is 3. The Bertz CT molecular complexity index is 687. The Morgan fingerprint density at radius 3 is 2.61 bits per heavy atom. The summed E-state index contributed by atoms with van der Waals surface area (Å²) in [5.74, 6) is -0.157. The van der Waals surface area contributed by atoms with Crippen molar-refractivity contribution in [3.8, 4) is 5.69 Å². The van der Waals surface area contributed by atoms with Gasteiger partial charge in [0, 0.05) is 12.2 Å². The van der Waals surface area contributed by atoms with Gasteiger partial charge in [0.15, 0.2) is 0 Å². The van der Waals surface area contributed by atoms with E-state index < -0.39 is 11.9 Å². The largest absolute Gasteiger partial charge is 0.433 e. The fraction of sp³-hybridized carbons (Fsp3) is 0.333. The molecule has 23 heavy (non-hydrogen) atoms. The van der Waals surface area contributed by atoms with E-state index in [9.17, 15) is 18.0 Å². The van der Waals surface area contributed by atoms with Crippen LogP contribution in [0.1, 0.15) is 12.1 Å². The van der Waals surface area contributed by atoms with Crippen molar-refractivity contribution >= 4 is 11.6 Å². The van der Waals surface area contributed by atoms with Crippen LogP contribution in [0.5, 0.6) is 0 Å². The van der Waals surface area contributed by atoms with Crippen molar-refractivity contribution in [2.24, 2.45) is 5.92 Å². The molecule has 3 rings (SSSR count). The van der Waals surface area contributed by atoms with Crippen LogP contribution in [0.25, 0.3) is 5.69 Å². The second kappa shape index (κ2) is 6.04. The van der Waals surface area contributed by atoms with Crippen LogP contribution in [0.4, 0.5) is 18.9 Å². The van der Waals surface area contributed by atoms with Gasteiger partial charge in [-0.15, -0.1) is 0 Å². The van der Waals surface area contributed by atoms with Crippen molar-refractivity contribution in [1.82, 2.24) is 15.1 Å². The van der Waals surface area contributed by atoms with Gasteiger partial charge in [-0.3, -0.25) is 4.79 Å². The molecule has 0 spiro atoms. The zero-order valence-corrected chi connectivity index (χ0v) is 12.1. The Morgan fingerprint density at radius 2 is 2.00 bits per heavy atom. The molecule has 2 N–H and O–H groups in total. The van der Waals surface area contributed by atoms with Gasteiger partial charge in [-0.25, -0.2) is 4.68 Å².